The van der Waals surface area contributed by atoms with Crippen molar-refractivity contribution in [2.24, 2.45) is 0 Å². The van der Waals surface area contributed by atoms with Gasteiger partial charge in [-0.3, -0.25) is 0 Å². The number of rotatable bonds is 4. The molecule has 20 heavy (non-hydrogen) atoms. The van der Waals surface area contributed by atoms with Gasteiger partial charge in [-0.2, -0.15) is 0 Å². The van der Waals surface area contributed by atoms with Crippen LogP contribution in [-0.4, -0.2) is 23.6 Å². The number of aryl methyl sites for hydroxylation is 1. The van der Waals surface area contributed by atoms with Gasteiger partial charge in [-0.1, -0.05) is 32.1 Å². The molecule has 0 bridgehead atoms. The third-order valence-corrected chi connectivity index (χ3v) is 4.60. The number of ether oxygens (including phenoxy) is 1. The maximum absolute atomic E-state index is 11.8. The Labute approximate surface area is 124 Å². The van der Waals surface area contributed by atoms with Crippen molar-refractivity contribution in [3.05, 3.63) is 10.6 Å². The first kappa shape index (κ1) is 15.3. The number of esters is 1. The van der Waals surface area contributed by atoms with Crippen molar-refractivity contribution in [3.63, 3.8) is 0 Å². The molecule has 2 rings (SSSR count). The van der Waals surface area contributed by atoms with Crippen LogP contribution in [0.1, 0.15) is 67.2 Å². The largest absolute Gasteiger partial charge is 0.461 e. The highest BCUT2D eigenvalue weighted by molar-refractivity contribution is 7.15. The molecule has 0 unspecified atom stereocenters. The summed E-state index contributed by atoms with van der Waals surface area (Å²) < 4.78 is 5.03. The van der Waals surface area contributed by atoms with Gasteiger partial charge in [0.2, 0.25) is 0 Å². The monoisotopic (exact) mass is 296 g/mol. The lowest BCUT2D eigenvalue weighted by atomic mass is 9.97. The van der Waals surface area contributed by atoms with E-state index in [1.807, 2.05) is 13.8 Å². The van der Waals surface area contributed by atoms with Crippen LogP contribution < -0.4 is 5.32 Å². The molecule has 0 aliphatic heterocycles. The van der Waals surface area contributed by atoms with Gasteiger partial charge in [-0.05, 0) is 26.7 Å². The molecule has 4 nitrogen and oxygen atoms in total. The molecule has 0 atom stereocenters. The molecule has 1 aromatic rings. The second kappa shape index (κ2) is 7.62. The average Bonchev–Trinajstić information content (AvgIpc) is 2.74. The number of hydrogen-bond acceptors (Lipinski definition) is 5. The minimum absolute atomic E-state index is 0.313. The third-order valence-electron chi connectivity index (χ3n) is 3.70. The molecule has 1 saturated carbocycles. The summed E-state index contributed by atoms with van der Waals surface area (Å²) in [6.45, 7) is 4.13. The number of aromatic nitrogens is 1. The standard InChI is InChI=1S/C15H24N2O2S/c1-3-19-14(18)13-11(2)20-15(17-13)16-12-9-7-5-4-6-8-10-12/h12H,3-10H2,1-2H3,(H,16,17). The molecule has 0 saturated heterocycles. The van der Waals surface area contributed by atoms with Gasteiger partial charge in [0.25, 0.3) is 0 Å². The van der Waals surface area contributed by atoms with Crippen LogP contribution in [0.4, 0.5) is 5.13 Å². The smallest absolute Gasteiger partial charge is 0.358 e. The molecule has 5 heteroatoms. The zero-order chi connectivity index (χ0) is 14.4. The molecule has 0 aromatic carbocycles. The average molecular weight is 296 g/mol. The lowest BCUT2D eigenvalue weighted by Crippen LogP contribution is -2.20. The molecule has 1 aliphatic rings. The van der Waals surface area contributed by atoms with E-state index in [2.05, 4.69) is 10.3 Å². The fraction of sp³-hybridized carbons (Fsp3) is 0.733. The van der Waals surface area contributed by atoms with E-state index in [9.17, 15) is 4.79 Å². The summed E-state index contributed by atoms with van der Waals surface area (Å²) in [7, 11) is 0. The Kier molecular flexibility index (Phi) is 5.83. The Morgan fingerprint density at radius 2 is 1.95 bits per heavy atom. The molecule has 0 radical (unpaired) electrons. The van der Waals surface area contributed by atoms with Gasteiger partial charge in [0, 0.05) is 10.9 Å². The highest BCUT2D eigenvalue weighted by Gasteiger charge is 2.18. The van der Waals surface area contributed by atoms with Crippen LogP contribution in [0.25, 0.3) is 0 Å². The second-order valence-corrected chi connectivity index (χ2v) is 6.53. The summed E-state index contributed by atoms with van der Waals surface area (Å²) in [5.41, 5.74) is 0.463. The third kappa shape index (κ3) is 4.20. The zero-order valence-corrected chi connectivity index (χ0v) is 13.2. The van der Waals surface area contributed by atoms with E-state index in [0.29, 0.717) is 18.3 Å². The van der Waals surface area contributed by atoms with E-state index in [1.165, 1.54) is 44.9 Å². The van der Waals surface area contributed by atoms with Gasteiger partial charge in [0.05, 0.1) is 6.61 Å². The van der Waals surface area contributed by atoms with Gasteiger partial charge in [0.15, 0.2) is 10.8 Å². The van der Waals surface area contributed by atoms with Crippen molar-refractivity contribution in [2.75, 3.05) is 11.9 Å². The molecule has 112 valence electrons. The minimum atomic E-state index is -0.313. The number of hydrogen-bond donors (Lipinski definition) is 1. The number of anilines is 1. The maximum Gasteiger partial charge on any atom is 0.358 e. The van der Waals surface area contributed by atoms with Crippen molar-refractivity contribution in [1.29, 1.82) is 0 Å². The first-order chi connectivity index (χ1) is 9.70. The van der Waals surface area contributed by atoms with E-state index in [4.69, 9.17) is 4.74 Å². The van der Waals surface area contributed by atoms with E-state index >= 15 is 0 Å². The topological polar surface area (TPSA) is 51.2 Å². The van der Waals surface area contributed by atoms with Gasteiger partial charge in [0.1, 0.15) is 0 Å². The quantitative estimate of drug-likeness (QED) is 0.848. The highest BCUT2D eigenvalue weighted by Crippen LogP contribution is 2.26. The summed E-state index contributed by atoms with van der Waals surface area (Å²) >= 11 is 1.55. The zero-order valence-electron chi connectivity index (χ0n) is 12.4. The molecule has 0 spiro atoms. The molecular weight excluding hydrogens is 272 g/mol. The summed E-state index contributed by atoms with van der Waals surface area (Å²) in [5.74, 6) is -0.313. The van der Waals surface area contributed by atoms with Gasteiger partial charge in [-0.25, -0.2) is 9.78 Å². The Morgan fingerprint density at radius 3 is 2.60 bits per heavy atom. The van der Waals surface area contributed by atoms with Crippen molar-refractivity contribution in [2.45, 2.75) is 64.8 Å². The number of nitrogens with zero attached hydrogens (tertiary/aromatic N) is 1. The first-order valence-corrected chi connectivity index (χ1v) is 8.43. The SMILES string of the molecule is CCOC(=O)c1nc(NC2CCCCCCC2)sc1C. The lowest BCUT2D eigenvalue weighted by molar-refractivity contribution is 0.0519. The second-order valence-electron chi connectivity index (χ2n) is 5.33. The Hall–Kier alpha value is -1.10. The number of carbonyl (C=O) groups is 1. The number of carbonyl (C=O) groups excluding carboxylic acids is 1. The molecule has 1 N–H and O–H groups in total. The molecule has 1 aromatic heterocycles. The van der Waals surface area contributed by atoms with Crippen LogP contribution in [0, 0.1) is 6.92 Å². The molecule has 1 fully saturated rings. The van der Waals surface area contributed by atoms with Gasteiger partial charge >= 0.3 is 5.97 Å². The van der Waals surface area contributed by atoms with Gasteiger partial charge < -0.3 is 10.1 Å². The van der Waals surface area contributed by atoms with Gasteiger partial charge in [-0.15, -0.1) is 11.3 Å². The van der Waals surface area contributed by atoms with E-state index in [-0.39, 0.29) is 5.97 Å². The van der Waals surface area contributed by atoms with Crippen LogP contribution in [0.2, 0.25) is 0 Å². The van der Waals surface area contributed by atoms with E-state index in [1.54, 1.807) is 11.3 Å². The van der Waals surface area contributed by atoms with Crippen molar-refractivity contribution in [3.8, 4) is 0 Å². The molecule has 1 aliphatic carbocycles. The highest BCUT2D eigenvalue weighted by atomic mass is 32.1. The fourth-order valence-corrected chi connectivity index (χ4v) is 3.50. The van der Waals surface area contributed by atoms with Crippen LogP contribution in [0.3, 0.4) is 0 Å². The molecule has 0 amide bonds. The molecular formula is C15H24N2O2S. The first-order valence-electron chi connectivity index (χ1n) is 7.61. The fourth-order valence-electron chi connectivity index (χ4n) is 2.62. The van der Waals surface area contributed by atoms with Crippen LogP contribution in [0.15, 0.2) is 0 Å². The summed E-state index contributed by atoms with van der Waals surface area (Å²) in [6, 6.07) is 0.496. The van der Waals surface area contributed by atoms with Crippen LogP contribution in [-0.2, 0) is 4.74 Å². The predicted octanol–water partition coefficient (Wildman–Crippen LogP) is 4.15. The summed E-state index contributed by atoms with van der Waals surface area (Å²) in [5, 5.41) is 4.36. The van der Waals surface area contributed by atoms with Crippen LogP contribution in [0.5, 0.6) is 0 Å². The minimum Gasteiger partial charge on any atom is -0.461 e. The lowest BCUT2D eigenvalue weighted by Gasteiger charge is -2.20. The predicted molar refractivity (Wildman–Crippen MR) is 82.5 cm³/mol. The van der Waals surface area contributed by atoms with E-state index < -0.39 is 0 Å². The van der Waals surface area contributed by atoms with Crippen molar-refractivity contribution < 1.29 is 9.53 Å². The number of nitrogens with one attached hydrogen (secondary N) is 1. The number of thiazole rings is 1. The van der Waals surface area contributed by atoms with E-state index in [0.717, 1.165) is 10.0 Å². The van der Waals surface area contributed by atoms with Crippen molar-refractivity contribution >= 4 is 22.4 Å². The van der Waals surface area contributed by atoms with Crippen molar-refractivity contribution in [1.82, 2.24) is 4.98 Å². The summed E-state index contributed by atoms with van der Waals surface area (Å²) in [4.78, 5) is 17.1. The maximum atomic E-state index is 11.8. The molecule has 1 heterocycles. The normalized spacial score (nSPS) is 17.3. The summed E-state index contributed by atoms with van der Waals surface area (Å²) in [6.07, 6.45) is 9.02. The Morgan fingerprint density at radius 1 is 1.30 bits per heavy atom. The van der Waals surface area contributed by atoms with Crippen LogP contribution >= 0.6 is 11.3 Å². The Balaban J connectivity index is 1.98. The Bertz CT molecular complexity index is 437.